The van der Waals surface area contributed by atoms with Crippen molar-refractivity contribution in [3.8, 4) is 11.5 Å². The Morgan fingerprint density at radius 1 is 0.667 bits per heavy atom. The smallest absolute Gasteiger partial charge is 0.431 e. The number of nitrogens with zero attached hydrogens (tertiary/aromatic N) is 1. The summed E-state index contributed by atoms with van der Waals surface area (Å²) in [5, 5.41) is 23.8. The number of hydrogen-bond donors (Lipinski definition) is 4. The van der Waals surface area contributed by atoms with Gasteiger partial charge in [-0.3, -0.25) is 4.79 Å². The molecule has 1 heterocycles. The molecule has 0 saturated heterocycles. The highest BCUT2D eigenvalue weighted by Crippen LogP contribution is 2.42. The molecule has 10 heteroatoms. The zero-order valence-electron chi connectivity index (χ0n) is 38.1. The van der Waals surface area contributed by atoms with E-state index in [9.17, 15) is 9.90 Å². The average molecular weight is 876 g/mol. The van der Waals surface area contributed by atoms with Crippen molar-refractivity contribution in [1.82, 2.24) is 0 Å². The Hall–Kier alpha value is -6.67. The third-order valence-corrected chi connectivity index (χ3v) is 12.8. The molecule has 0 bridgehead atoms. The predicted molar refractivity (Wildman–Crippen MR) is 278 cm³/mol. The Kier molecular flexibility index (Phi) is 15.6. The number of aliphatic hydroxyl groups is 1. The van der Waals surface area contributed by atoms with Gasteiger partial charge in [0.2, 0.25) is 5.78 Å². The van der Waals surface area contributed by atoms with Gasteiger partial charge in [0.1, 0.15) is 17.3 Å². The first-order chi connectivity index (χ1) is 32.5. The standard InChI is InChI=1S/C56H61B2N4O4/c1-3-5-7-9-11-13-15-21-37-65-47-31-19-17-27-43(47)57-60-45-29-23-25-39-33-35-41(53(59)49(39)45)51-55(63)52(56(51)64)42-36-34-40-26-24-30-46-50(40)54(42)62-58(61-46)44-28-18-20-32-48(44)66-38-22-16-14-12-10-8-6-4-2/h3-4,17-20,23-36,60-61,63H,1-2,5-16,21-22,37-38,59H2. The van der Waals surface area contributed by atoms with Crippen molar-refractivity contribution in [2.45, 2.75) is 89.9 Å². The van der Waals surface area contributed by atoms with E-state index < -0.39 is 6.98 Å². The van der Waals surface area contributed by atoms with Crippen LogP contribution in [0.5, 0.6) is 11.5 Å². The molecule has 0 aromatic heterocycles. The topological polar surface area (TPSA) is 118 Å². The number of nitrogens with two attached hydrogens (primary N) is 1. The van der Waals surface area contributed by atoms with E-state index in [1.807, 2.05) is 129 Å². The minimum absolute atomic E-state index is 0.0929. The van der Waals surface area contributed by atoms with Gasteiger partial charge in [0, 0.05) is 44.1 Å². The van der Waals surface area contributed by atoms with E-state index in [1.54, 1.807) is 0 Å². The number of hydrogen-bond acceptors (Lipinski definition) is 8. The number of ketones is 1. The number of Topliss-reactive ketones (excluding diaryl/α,β-unsaturated/α-hetero) is 1. The summed E-state index contributed by atoms with van der Waals surface area (Å²) in [6.07, 6.45) is 20.2. The highest BCUT2D eigenvalue weighted by atomic mass is 16.5. The number of para-hydroxylation sites is 2. The van der Waals surface area contributed by atoms with Crippen LogP contribution in [0.25, 0.3) is 32.7 Å². The maximum absolute atomic E-state index is 14.4. The first kappa shape index (κ1) is 45.9. The lowest BCUT2D eigenvalue weighted by Crippen LogP contribution is -2.46. The van der Waals surface area contributed by atoms with Crippen LogP contribution in [0.1, 0.15) is 95.5 Å². The molecule has 1 aliphatic heterocycles. The van der Waals surface area contributed by atoms with Crippen LogP contribution in [0.2, 0.25) is 0 Å². The first-order valence-electron chi connectivity index (χ1n) is 23.9. The average Bonchev–Trinajstić information content (AvgIpc) is 3.34. The van der Waals surface area contributed by atoms with E-state index in [-0.39, 0.29) is 22.7 Å². The summed E-state index contributed by atoms with van der Waals surface area (Å²) in [5.74, 6) is 1.21. The maximum atomic E-state index is 14.4. The van der Waals surface area contributed by atoms with Crippen molar-refractivity contribution in [2.24, 2.45) is 4.90 Å². The third kappa shape index (κ3) is 10.4. The second kappa shape index (κ2) is 22.5. The van der Waals surface area contributed by atoms with Gasteiger partial charge in [0.25, 0.3) is 7.41 Å². The fourth-order valence-electron chi connectivity index (χ4n) is 9.20. The molecular formula is C56H61B2N4O4. The van der Waals surface area contributed by atoms with Gasteiger partial charge in [-0.1, -0.05) is 148 Å². The number of nitrogen functional groups attached to an aromatic ring is 1. The largest absolute Gasteiger partial charge is 0.506 e. The lowest BCUT2D eigenvalue weighted by Gasteiger charge is -2.25. The molecule has 8 rings (SSSR count). The molecule has 0 atom stereocenters. The lowest BCUT2D eigenvalue weighted by molar-refractivity contribution is -0.109. The van der Waals surface area contributed by atoms with Crippen LogP contribution in [0.15, 0.2) is 145 Å². The molecule has 8 nitrogen and oxygen atoms in total. The van der Waals surface area contributed by atoms with Crippen molar-refractivity contribution in [2.75, 3.05) is 29.4 Å². The molecule has 2 aliphatic rings. The monoisotopic (exact) mass is 875 g/mol. The molecule has 1 radical (unpaired) electrons. The van der Waals surface area contributed by atoms with E-state index >= 15 is 0 Å². The van der Waals surface area contributed by atoms with Gasteiger partial charge in [0.05, 0.1) is 29.7 Å². The van der Waals surface area contributed by atoms with Gasteiger partial charge < -0.3 is 35.7 Å². The number of nitrogens with one attached hydrogen (secondary N) is 2. The Balaban J connectivity index is 1.03. The van der Waals surface area contributed by atoms with Crippen molar-refractivity contribution < 1.29 is 19.4 Å². The molecule has 0 fully saturated rings. The summed E-state index contributed by atoms with van der Waals surface area (Å²) in [5.41, 5.74) is 11.8. The first-order valence-corrected chi connectivity index (χ1v) is 23.9. The summed E-state index contributed by atoms with van der Waals surface area (Å²) < 4.78 is 12.6. The van der Waals surface area contributed by atoms with Crippen molar-refractivity contribution in [1.29, 1.82) is 0 Å². The quantitative estimate of drug-likeness (QED) is 0.0196. The molecule has 66 heavy (non-hydrogen) atoms. The van der Waals surface area contributed by atoms with Gasteiger partial charge in [-0.15, -0.1) is 13.2 Å². The SMILES string of the molecule is C=CCCCCCCCCOc1ccccc1[B]Nc1cccc2ccc(C3=C(O)C(=c4ccc5cccc6c5c4=NB(c4ccccc4OCCCCCCCCC=C)N6)C3=O)c(N)c12. The van der Waals surface area contributed by atoms with Crippen LogP contribution in [-0.2, 0) is 4.79 Å². The number of allylic oxidation sites excluding steroid dienone is 4. The normalized spacial score (nSPS) is 13.8. The Bertz CT molecular complexity index is 2880. The molecular weight excluding hydrogens is 814 g/mol. The molecule has 6 aromatic carbocycles. The molecule has 0 unspecified atom stereocenters. The fourth-order valence-corrected chi connectivity index (χ4v) is 9.20. The van der Waals surface area contributed by atoms with Crippen LogP contribution in [0, 0.1) is 0 Å². The van der Waals surface area contributed by atoms with Crippen LogP contribution >= 0.6 is 0 Å². The lowest BCUT2D eigenvalue weighted by atomic mass is 9.67. The number of carbonyl (C=O) groups excluding carboxylic acids is 1. The fraction of sp³-hybridized carbons (Fsp3) is 0.286. The van der Waals surface area contributed by atoms with E-state index in [2.05, 4.69) is 23.6 Å². The van der Waals surface area contributed by atoms with E-state index in [0.717, 1.165) is 93.9 Å². The minimum atomic E-state index is -0.475. The van der Waals surface area contributed by atoms with Gasteiger partial charge in [-0.2, -0.15) is 0 Å². The van der Waals surface area contributed by atoms with Crippen molar-refractivity contribution >= 4 is 80.9 Å². The number of carbonyl (C=O) groups is 1. The zero-order chi connectivity index (χ0) is 45.7. The molecule has 0 spiro atoms. The highest BCUT2D eigenvalue weighted by Gasteiger charge is 2.38. The maximum Gasteiger partial charge on any atom is 0.431 e. The summed E-state index contributed by atoms with van der Waals surface area (Å²) in [4.78, 5) is 19.7. The summed E-state index contributed by atoms with van der Waals surface area (Å²) in [6, 6.07) is 35.6. The Morgan fingerprint density at radius 3 is 1.98 bits per heavy atom. The molecule has 1 aliphatic carbocycles. The highest BCUT2D eigenvalue weighted by molar-refractivity contribution is 6.76. The van der Waals surface area contributed by atoms with Crippen LogP contribution in [0.3, 0.4) is 0 Å². The summed E-state index contributed by atoms with van der Waals surface area (Å²) >= 11 is 0. The van der Waals surface area contributed by atoms with Crippen LogP contribution in [-0.4, -0.2) is 38.5 Å². The van der Waals surface area contributed by atoms with E-state index in [1.165, 1.54) is 51.4 Å². The molecule has 0 amide bonds. The Labute approximate surface area is 390 Å². The second-order valence-corrected chi connectivity index (χ2v) is 17.4. The van der Waals surface area contributed by atoms with Gasteiger partial charge >= 0.3 is 6.98 Å². The van der Waals surface area contributed by atoms with Gasteiger partial charge in [-0.25, -0.2) is 0 Å². The van der Waals surface area contributed by atoms with Crippen molar-refractivity contribution in [3.05, 3.63) is 156 Å². The molecule has 5 N–H and O–H groups in total. The van der Waals surface area contributed by atoms with E-state index in [4.69, 9.17) is 20.1 Å². The zero-order valence-corrected chi connectivity index (χ0v) is 38.1. The second-order valence-electron chi connectivity index (χ2n) is 17.4. The predicted octanol–water partition coefficient (Wildman–Crippen LogP) is 10.7. The molecule has 6 aromatic rings. The van der Waals surface area contributed by atoms with Crippen LogP contribution < -0.4 is 47.2 Å². The summed E-state index contributed by atoms with van der Waals surface area (Å²) in [6.45, 7) is 8.43. The molecule has 335 valence electrons. The number of unbranched alkanes of at least 4 members (excludes halogenated alkanes) is 12. The number of anilines is 3. The number of fused-ring (bicyclic) bond motifs is 1. The summed E-state index contributed by atoms with van der Waals surface area (Å²) in [7, 11) is 1.93. The molecule has 0 saturated carbocycles. The van der Waals surface area contributed by atoms with Crippen molar-refractivity contribution in [3.63, 3.8) is 0 Å². The van der Waals surface area contributed by atoms with Gasteiger partial charge in [0.15, 0.2) is 0 Å². The number of aliphatic hydroxyl groups excluding tert-OH is 1. The number of rotatable bonds is 25. The minimum Gasteiger partial charge on any atom is -0.506 e. The number of ether oxygens (including phenoxy) is 2. The third-order valence-electron chi connectivity index (χ3n) is 12.8. The van der Waals surface area contributed by atoms with E-state index in [0.29, 0.717) is 35.0 Å². The van der Waals surface area contributed by atoms with Crippen LogP contribution in [0.4, 0.5) is 17.1 Å². The number of benzene rings is 6. The Morgan fingerprint density at radius 2 is 1.27 bits per heavy atom. The van der Waals surface area contributed by atoms with Gasteiger partial charge in [-0.05, 0) is 79.0 Å².